The number of aryl methyl sites for hydroxylation is 2. The van der Waals surface area contributed by atoms with Crippen LogP contribution in [0, 0.1) is 19.7 Å². The van der Waals surface area contributed by atoms with Crippen molar-refractivity contribution in [3.05, 3.63) is 59.4 Å². The second kappa shape index (κ2) is 10.3. The third-order valence-corrected chi connectivity index (χ3v) is 4.22. The fourth-order valence-corrected chi connectivity index (χ4v) is 2.82. The maximum absolute atomic E-state index is 13.1. The van der Waals surface area contributed by atoms with Crippen molar-refractivity contribution in [1.82, 2.24) is 5.32 Å². The van der Waals surface area contributed by atoms with E-state index in [-0.39, 0.29) is 37.4 Å². The van der Waals surface area contributed by atoms with E-state index in [1.54, 1.807) is 13.1 Å². The molecule has 2 aromatic carbocycles. The summed E-state index contributed by atoms with van der Waals surface area (Å²) >= 11 is 0. The fraction of sp³-hybridized carbons (Fsp3) is 0.286. The summed E-state index contributed by atoms with van der Waals surface area (Å²) in [5, 5.41) is 7.93. The lowest BCUT2D eigenvalue weighted by atomic mass is 10.1. The van der Waals surface area contributed by atoms with Crippen molar-refractivity contribution in [2.24, 2.45) is 0 Å². The Morgan fingerprint density at radius 3 is 2.17 bits per heavy atom. The van der Waals surface area contributed by atoms with Gasteiger partial charge in [-0.3, -0.25) is 14.4 Å². The molecule has 0 aliphatic rings. The van der Waals surface area contributed by atoms with Crippen LogP contribution in [0.2, 0.25) is 0 Å². The largest absolute Gasteiger partial charge is 0.342 e. The van der Waals surface area contributed by atoms with Crippen LogP contribution >= 0.6 is 0 Å². The number of carbonyl (C=O) groups excluding carboxylic acids is 3. The van der Waals surface area contributed by atoms with Gasteiger partial charge in [-0.1, -0.05) is 24.3 Å². The number of hydrogen-bond acceptors (Lipinski definition) is 3. The summed E-state index contributed by atoms with van der Waals surface area (Å²) in [6.45, 7) is 3.68. The Labute approximate surface area is 169 Å². The Hall–Kier alpha value is -3.26. The van der Waals surface area contributed by atoms with Crippen molar-refractivity contribution in [3.8, 4) is 0 Å². The average Bonchev–Trinajstić information content (AvgIpc) is 2.63. The molecule has 2 aromatic rings. The van der Waals surface area contributed by atoms with Crippen molar-refractivity contribution in [2.45, 2.75) is 13.8 Å². The quantitative estimate of drug-likeness (QED) is 0.524. The molecular formula is C21H26FN4O3+. The second-order valence-corrected chi connectivity index (χ2v) is 6.96. The molecule has 0 heterocycles. The first kappa shape index (κ1) is 22.0. The molecule has 3 amide bonds. The third kappa shape index (κ3) is 7.34. The molecule has 0 spiro atoms. The van der Waals surface area contributed by atoms with Crippen LogP contribution in [0.4, 0.5) is 15.8 Å². The number of quaternary nitrogens is 1. The van der Waals surface area contributed by atoms with Gasteiger partial charge < -0.3 is 20.9 Å². The summed E-state index contributed by atoms with van der Waals surface area (Å²) in [5.74, 6) is -1.45. The highest BCUT2D eigenvalue weighted by atomic mass is 19.1. The van der Waals surface area contributed by atoms with Crippen molar-refractivity contribution in [3.63, 3.8) is 0 Å². The van der Waals surface area contributed by atoms with E-state index in [0.717, 1.165) is 16.8 Å². The molecule has 0 aliphatic carbocycles. The van der Waals surface area contributed by atoms with Gasteiger partial charge in [-0.05, 0) is 43.2 Å². The van der Waals surface area contributed by atoms with Crippen molar-refractivity contribution in [2.75, 3.05) is 37.3 Å². The summed E-state index contributed by atoms with van der Waals surface area (Å²) < 4.78 is 13.1. The number of likely N-dealkylation sites (N-methyl/N-ethyl adjacent to an activating group) is 1. The molecular weight excluding hydrogens is 375 g/mol. The minimum atomic E-state index is -0.443. The molecule has 2 rings (SSSR count). The Balaban J connectivity index is 1.74. The topological polar surface area (TPSA) is 91.7 Å². The number of para-hydroxylation sites is 1. The standard InChI is InChI=1S/C21H25FN4O3/c1-14-6-4-7-15(2)21(14)25-18(27)11-23-19(28)12-26(3)13-20(29)24-17-9-5-8-16(22)10-17/h4-10H,11-13H2,1-3H3,(H,23,28)(H,24,29)(H,25,27)/p+1. The number of anilines is 2. The number of benzene rings is 2. The third-order valence-electron chi connectivity index (χ3n) is 4.22. The van der Waals surface area contributed by atoms with E-state index in [0.29, 0.717) is 10.6 Å². The van der Waals surface area contributed by atoms with Crippen LogP contribution in [-0.2, 0) is 14.4 Å². The van der Waals surface area contributed by atoms with Gasteiger partial charge >= 0.3 is 0 Å². The van der Waals surface area contributed by atoms with Gasteiger partial charge in [-0.2, -0.15) is 0 Å². The summed E-state index contributed by atoms with van der Waals surface area (Å²) in [7, 11) is 1.68. The molecule has 8 heteroatoms. The second-order valence-electron chi connectivity index (χ2n) is 6.96. The molecule has 4 N–H and O–H groups in total. The molecule has 1 atom stereocenters. The fourth-order valence-electron chi connectivity index (χ4n) is 2.82. The zero-order valence-corrected chi connectivity index (χ0v) is 16.8. The van der Waals surface area contributed by atoms with Gasteiger partial charge in [-0.15, -0.1) is 0 Å². The van der Waals surface area contributed by atoms with Crippen LogP contribution in [0.25, 0.3) is 0 Å². The number of nitrogens with one attached hydrogen (secondary N) is 4. The normalized spacial score (nSPS) is 11.4. The molecule has 0 aliphatic heterocycles. The molecule has 0 saturated heterocycles. The first-order valence-corrected chi connectivity index (χ1v) is 9.24. The number of carbonyl (C=O) groups is 3. The minimum absolute atomic E-state index is 0.0211. The predicted octanol–water partition coefficient (Wildman–Crippen LogP) is 0.651. The van der Waals surface area contributed by atoms with Gasteiger partial charge in [0.1, 0.15) is 5.82 Å². The summed E-state index contributed by atoms with van der Waals surface area (Å²) in [4.78, 5) is 36.8. The van der Waals surface area contributed by atoms with Crippen molar-refractivity contribution < 1.29 is 23.7 Å². The monoisotopic (exact) mass is 401 g/mol. The molecule has 29 heavy (non-hydrogen) atoms. The molecule has 0 aromatic heterocycles. The summed E-state index contributed by atoms with van der Waals surface area (Å²) in [5.41, 5.74) is 2.98. The Kier molecular flexibility index (Phi) is 7.85. The van der Waals surface area contributed by atoms with E-state index in [9.17, 15) is 18.8 Å². The maximum Gasteiger partial charge on any atom is 0.279 e. The van der Waals surface area contributed by atoms with E-state index >= 15 is 0 Å². The Bertz CT molecular complexity index is 881. The predicted molar refractivity (Wildman–Crippen MR) is 109 cm³/mol. The summed E-state index contributed by atoms with van der Waals surface area (Å²) in [6.07, 6.45) is 0. The smallest absolute Gasteiger partial charge is 0.279 e. The average molecular weight is 401 g/mol. The lowest BCUT2D eigenvalue weighted by Gasteiger charge is -2.14. The van der Waals surface area contributed by atoms with Crippen LogP contribution in [0.1, 0.15) is 11.1 Å². The number of amides is 3. The highest BCUT2D eigenvalue weighted by Gasteiger charge is 2.15. The van der Waals surface area contributed by atoms with E-state index in [2.05, 4.69) is 16.0 Å². The molecule has 0 radical (unpaired) electrons. The highest BCUT2D eigenvalue weighted by molar-refractivity contribution is 5.96. The van der Waals surface area contributed by atoms with Gasteiger partial charge in [0, 0.05) is 11.4 Å². The zero-order valence-electron chi connectivity index (χ0n) is 16.8. The van der Waals surface area contributed by atoms with Gasteiger partial charge in [0.05, 0.1) is 13.6 Å². The van der Waals surface area contributed by atoms with Gasteiger partial charge in [0.25, 0.3) is 11.8 Å². The molecule has 0 bridgehead atoms. The van der Waals surface area contributed by atoms with Crippen molar-refractivity contribution in [1.29, 1.82) is 0 Å². The lowest BCUT2D eigenvalue weighted by Crippen LogP contribution is -3.11. The molecule has 0 fully saturated rings. The highest BCUT2D eigenvalue weighted by Crippen LogP contribution is 2.18. The maximum atomic E-state index is 13.1. The Morgan fingerprint density at radius 2 is 1.52 bits per heavy atom. The lowest BCUT2D eigenvalue weighted by molar-refractivity contribution is -0.862. The van der Waals surface area contributed by atoms with Gasteiger partial charge in [0.2, 0.25) is 5.91 Å². The van der Waals surface area contributed by atoms with Gasteiger partial charge in [0.15, 0.2) is 13.1 Å². The number of halogens is 1. The SMILES string of the molecule is Cc1cccc(C)c1NC(=O)CNC(=O)C[NH+](C)CC(=O)Nc1cccc(F)c1. The number of rotatable bonds is 8. The molecule has 7 nitrogen and oxygen atoms in total. The zero-order chi connectivity index (χ0) is 21.4. The van der Waals surface area contributed by atoms with Crippen LogP contribution < -0.4 is 20.9 Å². The van der Waals surface area contributed by atoms with Crippen LogP contribution in [0.5, 0.6) is 0 Å². The molecule has 1 unspecified atom stereocenters. The first-order chi connectivity index (χ1) is 13.7. The van der Waals surface area contributed by atoms with Crippen molar-refractivity contribution >= 4 is 29.1 Å². The number of hydrogen-bond donors (Lipinski definition) is 4. The Morgan fingerprint density at radius 1 is 0.897 bits per heavy atom. The van der Waals surface area contributed by atoms with E-state index in [1.807, 2.05) is 32.0 Å². The van der Waals surface area contributed by atoms with E-state index < -0.39 is 5.82 Å². The van der Waals surface area contributed by atoms with Crippen LogP contribution in [0.15, 0.2) is 42.5 Å². The van der Waals surface area contributed by atoms with E-state index in [4.69, 9.17) is 0 Å². The molecule has 154 valence electrons. The van der Waals surface area contributed by atoms with Gasteiger partial charge in [-0.25, -0.2) is 4.39 Å². The first-order valence-electron chi connectivity index (χ1n) is 9.24. The van der Waals surface area contributed by atoms with E-state index in [1.165, 1.54) is 18.2 Å². The van der Waals surface area contributed by atoms with Crippen LogP contribution in [0.3, 0.4) is 0 Å². The minimum Gasteiger partial charge on any atom is -0.342 e. The molecule has 0 saturated carbocycles. The summed E-state index contributed by atoms with van der Waals surface area (Å²) in [6, 6.07) is 11.3. The van der Waals surface area contributed by atoms with Crippen LogP contribution in [-0.4, -0.2) is 44.4 Å².